The van der Waals surface area contributed by atoms with Crippen LogP contribution in [0.2, 0.25) is 0 Å². The van der Waals surface area contributed by atoms with Crippen molar-refractivity contribution in [2.24, 2.45) is 0 Å². The van der Waals surface area contributed by atoms with Gasteiger partial charge in [0.25, 0.3) is 5.56 Å². The molecule has 30 heavy (non-hydrogen) atoms. The summed E-state index contributed by atoms with van der Waals surface area (Å²) in [6.07, 6.45) is 0. The number of nitrogens with one attached hydrogen (secondary N) is 1. The molecule has 1 aliphatic rings. The Balaban J connectivity index is 2.00. The number of ether oxygens (including phenoxy) is 2. The highest BCUT2D eigenvalue weighted by Crippen LogP contribution is 2.43. The Bertz CT molecular complexity index is 1280. The third-order valence-corrected chi connectivity index (χ3v) is 5.87. The van der Waals surface area contributed by atoms with Gasteiger partial charge in [-0.05, 0) is 52.3 Å². The lowest BCUT2D eigenvalue weighted by Gasteiger charge is -2.31. The predicted octanol–water partition coefficient (Wildman–Crippen LogP) is 3.51. The van der Waals surface area contributed by atoms with Crippen LogP contribution in [-0.4, -0.2) is 22.7 Å². The van der Waals surface area contributed by atoms with Gasteiger partial charge in [-0.1, -0.05) is 15.9 Å². The van der Waals surface area contributed by atoms with E-state index in [0.717, 1.165) is 0 Å². The Labute approximate surface area is 187 Å². The Morgan fingerprint density at radius 3 is 2.60 bits per heavy atom. The van der Waals surface area contributed by atoms with Crippen molar-refractivity contribution in [3.8, 4) is 11.8 Å². The van der Waals surface area contributed by atoms with E-state index in [0.29, 0.717) is 31.2 Å². The second-order valence-corrected chi connectivity index (χ2v) is 8.40. The summed E-state index contributed by atoms with van der Waals surface area (Å²) in [5.41, 5.74) is 1.77. The minimum Gasteiger partial charge on any atom is -0.497 e. The number of nitrogens with zero attached hydrogens (tertiary/aromatic N) is 3. The van der Waals surface area contributed by atoms with Gasteiger partial charge in [-0.25, -0.2) is 9.66 Å². The van der Waals surface area contributed by atoms with Crippen LogP contribution in [0, 0.1) is 11.3 Å². The summed E-state index contributed by atoms with van der Waals surface area (Å²) in [7, 11) is 1.53. The van der Waals surface area contributed by atoms with E-state index >= 15 is 0 Å². The number of methoxy groups -OCH3 is 1. The zero-order valence-corrected chi connectivity index (χ0v) is 18.9. The molecule has 0 radical (unpaired) electrons. The lowest BCUT2D eigenvalue weighted by Crippen LogP contribution is -2.44. The molecule has 8 nitrogen and oxygen atoms in total. The van der Waals surface area contributed by atoms with E-state index in [9.17, 15) is 14.9 Å². The molecule has 152 valence electrons. The largest absolute Gasteiger partial charge is 0.497 e. The predicted molar refractivity (Wildman–Crippen MR) is 116 cm³/mol. The summed E-state index contributed by atoms with van der Waals surface area (Å²) in [5.74, 6) is -0.957. The summed E-state index contributed by atoms with van der Waals surface area (Å²) in [6, 6.07) is 12.3. The molecule has 1 aromatic heterocycles. The van der Waals surface area contributed by atoms with E-state index in [1.165, 1.54) is 18.7 Å². The Kier molecular flexibility index (Phi) is 5.03. The van der Waals surface area contributed by atoms with Gasteiger partial charge in [-0.2, -0.15) is 5.26 Å². The Hall–Kier alpha value is -2.90. The van der Waals surface area contributed by atoms with Crippen molar-refractivity contribution >= 4 is 48.7 Å². The van der Waals surface area contributed by atoms with E-state index < -0.39 is 23.2 Å². The van der Waals surface area contributed by atoms with Gasteiger partial charge in [0.2, 0.25) is 5.72 Å². The van der Waals surface area contributed by atoms with Crippen LogP contribution in [0.1, 0.15) is 24.2 Å². The fourth-order valence-corrected chi connectivity index (χ4v) is 4.85. The molecule has 2 unspecified atom stereocenters. The molecule has 2 heterocycles. The zero-order chi connectivity index (χ0) is 21.6. The molecule has 0 saturated heterocycles. The van der Waals surface area contributed by atoms with Crippen LogP contribution < -0.4 is 15.7 Å². The SMILES string of the molecule is COc1ccc(C2(OC(C)=O)Nn3c(nc4c(Br)cc(Br)cc4c3=O)C2C#N)cc1. The van der Waals surface area contributed by atoms with E-state index in [1.54, 1.807) is 36.4 Å². The van der Waals surface area contributed by atoms with Crippen LogP contribution in [0.4, 0.5) is 0 Å². The minimum atomic E-state index is -1.63. The maximum Gasteiger partial charge on any atom is 0.305 e. The molecule has 2 atom stereocenters. The monoisotopic (exact) mass is 532 g/mol. The van der Waals surface area contributed by atoms with Crippen molar-refractivity contribution < 1.29 is 14.3 Å². The summed E-state index contributed by atoms with van der Waals surface area (Å²) < 4.78 is 13.3. The second kappa shape index (κ2) is 7.41. The minimum absolute atomic E-state index is 0.148. The maximum atomic E-state index is 13.2. The first-order valence-electron chi connectivity index (χ1n) is 8.74. The molecular formula is C20H14Br2N4O4. The number of halogens is 2. The molecule has 2 aromatic carbocycles. The molecule has 10 heteroatoms. The van der Waals surface area contributed by atoms with Crippen LogP contribution in [0.15, 0.2) is 50.1 Å². The van der Waals surface area contributed by atoms with Crippen molar-refractivity contribution in [3.63, 3.8) is 0 Å². The molecular weight excluding hydrogens is 520 g/mol. The third kappa shape index (κ3) is 3.05. The van der Waals surface area contributed by atoms with E-state index in [-0.39, 0.29) is 5.82 Å². The van der Waals surface area contributed by atoms with Gasteiger partial charge in [0.05, 0.1) is 24.1 Å². The van der Waals surface area contributed by atoms with Crippen molar-refractivity contribution in [3.05, 3.63) is 67.1 Å². The standard InChI is InChI=1S/C20H14Br2N4O4/c1-10(27)30-20(11-3-5-13(29-2)6-4-11)15(9-23)18-24-17-14(19(28)26(18)25-20)7-12(21)8-16(17)22/h3-8,15,25H,1-2H3. The first kappa shape index (κ1) is 20.4. The van der Waals surface area contributed by atoms with Crippen LogP contribution in [0.3, 0.4) is 0 Å². The second-order valence-electron chi connectivity index (χ2n) is 6.63. The van der Waals surface area contributed by atoms with E-state index in [1.807, 2.05) is 0 Å². The highest BCUT2D eigenvalue weighted by atomic mass is 79.9. The van der Waals surface area contributed by atoms with Crippen LogP contribution >= 0.6 is 31.9 Å². The summed E-state index contributed by atoms with van der Waals surface area (Å²) in [4.78, 5) is 29.8. The highest BCUT2D eigenvalue weighted by Gasteiger charge is 2.53. The average molecular weight is 534 g/mol. The number of esters is 1. The highest BCUT2D eigenvalue weighted by molar-refractivity contribution is 9.11. The number of hydrogen-bond acceptors (Lipinski definition) is 7. The molecule has 0 fully saturated rings. The normalized spacial score (nSPS) is 19.6. The smallest absolute Gasteiger partial charge is 0.305 e. The number of nitriles is 1. The molecule has 1 N–H and O–H groups in total. The third-order valence-electron chi connectivity index (χ3n) is 4.81. The van der Waals surface area contributed by atoms with Crippen molar-refractivity contribution in [2.75, 3.05) is 12.5 Å². The Morgan fingerprint density at radius 1 is 1.30 bits per heavy atom. The maximum absolute atomic E-state index is 13.2. The average Bonchev–Trinajstić information content (AvgIpc) is 3.02. The van der Waals surface area contributed by atoms with Gasteiger partial charge in [-0.15, -0.1) is 0 Å². The Morgan fingerprint density at radius 2 is 2.00 bits per heavy atom. The number of rotatable bonds is 3. The van der Waals surface area contributed by atoms with Crippen LogP contribution in [-0.2, 0) is 15.3 Å². The molecule has 1 aliphatic heterocycles. The number of aromatic nitrogens is 2. The van der Waals surface area contributed by atoms with Crippen molar-refractivity contribution in [2.45, 2.75) is 18.6 Å². The van der Waals surface area contributed by atoms with Gasteiger partial charge >= 0.3 is 5.97 Å². The first-order valence-corrected chi connectivity index (χ1v) is 10.3. The van der Waals surface area contributed by atoms with Crippen LogP contribution in [0.5, 0.6) is 5.75 Å². The molecule has 3 aromatic rings. The van der Waals surface area contributed by atoms with E-state index in [4.69, 9.17) is 9.47 Å². The van der Waals surface area contributed by atoms with Gasteiger partial charge in [0.15, 0.2) is 11.7 Å². The van der Waals surface area contributed by atoms with Gasteiger partial charge in [-0.3, -0.25) is 15.0 Å². The van der Waals surface area contributed by atoms with Crippen molar-refractivity contribution in [1.29, 1.82) is 5.26 Å². The lowest BCUT2D eigenvalue weighted by atomic mass is 9.90. The molecule has 0 aliphatic carbocycles. The number of carbonyl (C=O) groups excluding carboxylic acids is 1. The van der Waals surface area contributed by atoms with Gasteiger partial charge in [0, 0.05) is 21.4 Å². The summed E-state index contributed by atoms with van der Waals surface area (Å²) in [5, 5.41) is 10.4. The quantitative estimate of drug-likeness (QED) is 0.513. The number of fused-ring (bicyclic) bond motifs is 2. The topological polar surface area (TPSA) is 106 Å². The number of benzene rings is 2. The van der Waals surface area contributed by atoms with E-state index in [2.05, 4.69) is 48.3 Å². The molecule has 4 rings (SSSR count). The van der Waals surface area contributed by atoms with Crippen LogP contribution in [0.25, 0.3) is 10.9 Å². The zero-order valence-electron chi connectivity index (χ0n) is 15.8. The fraction of sp³-hybridized carbons (Fsp3) is 0.200. The van der Waals surface area contributed by atoms with Gasteiger partial charge < -0.3 is 9.47 Å². The number of hydrogen-bond donors (Lipinski definition) is 1. The molecule has 0 bridgehead atoms. The van der Waals surface area contributed by atoms with Crippen molar-refractivity contribution in [1.82, 2.24) is 9.66 Å². The molecule has 0 spiro atoms. The first-order chi connectivity index (χ1) is 14.3. The molecule has 0 saturated carbocycles. The molecule has 0 amide bonds. The van der Waals surface area contributed by atoms with Gasteiger partial charge in [0.1, 0.15) is 5.75 Å². The lowest BCUT2D eigenvalue weighted by molar-refractivity contribution is -0.156. The fourth-order valence-electron chi connectivity index (χ4n) is 3.53. The number of carbonyl (C=O) groups is 1. The summed E-state index contributed by atoms with van der Waals surface area (Å²) >= 11 is 6.79. The summed E-state index contributed by atoms with van der Waals surface area (Å²) in [6.45, 7) is 1.24.